The van der Waals surface area contributed by atoms with Crippen LogP contribution in [0.15, 0.2) is 9.52 Å². The molecule has 6 nitrogen and oxygen atoms in total. The number of guanidine groups is 1. The monoisotopic (exact) mass is 467 g/mol. The van der Waals surface area contributed by atoms with Gasteiger partial charge in [0.2, 0.25) is 5.89 Å². The average Bonchev–Trinajstić information content (AvgIpc) is 3.16. The summed E-state index contributed by atoms with van der Waals surface area (Å²) in [7, 11) is 1.81. The molecule has 8 heteroatoms. The highest BCUT2D eigenvalue weighted by molar-refractivity contribution is 14.0. The fourth-order valence-electron chi connectivity index (χ4n) is 2.52. The largest absolute Gasteiger partial charge is 0.356 e. The van der Waals surface area contributed by atoms with E-state index >= 15 is 0 Å². The van der Waals surface area contributed by atoms with E-state index in [1.54, 1.807) is 0 Å². The molecule has 2 heterocycles. The van der Waals surface area contributed by atoms with E-state index in [0.717, 1.165) is 37.7 Å². The molecule has 0 bridgehead atoms. The number of thioether (sulfide) groups is 1. The molecule has 1 saturated heterocycles. The average molecular weight is 467 g/mol. The van der Waals surface area contributed by atoms with Crippen LogP contribution in [0.4, 0.5) is 0 Å². The van der Waals surface area contributed by atoms with Gasteiger partial charge in [-0.2, -0.15) is 16.7 Å². The van der Waals surface area contributed by atoms with Crippen molar-refractivity contribution < 1.29 is 4.52 Å². The minimum Gasteiger partial charge on any atom is -0.356 e. The number of nitrogens with zero attached hydrogens (tertiary/aromatic N) is 3. The molecule has 24 heavy (non-hydrogen) atoms. The van der Waals surface area contributed by atoms with Crippen molar-refractivity contribution in [1.29, 1.82) is 0 Å². The Hall–Kier alpha value is -0.510. The lowest BCUT2D eigenvalue weighted by atomic mass is 10.1. The van der Waals surface area contributed by atoms with Gasteiger partial charge in [0.05, 0.1) is 0 Å². The second kappa shape index (κ2) is 10.5. The first-order chi connectivity index (χ1) is 11.0. The third kappa shape index (κ3) is 6.78. The zero-order chi connectivity index (χ0) is 16.7. The Labute approximate surface area is 166 Å². The van der Waals surface area contributed by atoms with E-state index in [2.05, 4.69) is 58.3 Å². The number of aliphatic imine (C=N–C) groups is 1. The van der Waals surface area contributed by atoms with Gasteiger partial charge in [0.15, 0.2) is 11.8 Å². The van der Waals surface area contributed by atoms with Crippen LogP contribution in [0.5, 0.6) is 0 Å². The van der Waals surface area contributed by atoms with Crippen LogP contribution in [0.1, 0.15) is 57.7 Å². The van der Waals surface area contributed by atoms with E-state index in [0.29, 0.717) is 16.6 Å². The van der Waals surface area contributed by atoms with E-state index in [1.165, 1.54) is 18.6 Å². The number of rotatable bonds is 7. The van der Waals surface area contributed by atoms with Crippen molar-refractivity contribution in [3.63, 3.8) is 0 Å². The van der Waals surface area contributed by atoms with Gasteiger partial charge in [-0.3, -0.25) is 4.99 Å². The van der Waals surface area contributed by atoms with E-state index in [1.807, 2.05) is 7.05 Å². The van der Waals surface area contributed by atoms with Crippen molar-refractivity contribution in [1.82, 2.24) is 20.8 Å². The summed E-state index contributed by atoms with van der Waals surface area (Å²) >= 11 is 2.05. The maximum absolute atomic E-state index is 5.25. The Kier molecular flexibility index (Phi) is 9.40. The van der Waals surface area contributed by atoms with Gasteiger partial charge in [-0.25, -0.2) is 0 Å². The number of hydrogen-bond acceptors (Lipinski definition) is 5. The highest BCUT2D eigenvalue weighted by Crippen LogP contribution is 2.36. The molecule has 2 rings (SSSR count). The summed E-state index contributed by atoms with van der Waals surface area (Å²) in [6, 6.07) is 0. The van der Waals surface area contributed by atoms with E-state index in [4.69, 9.17) is 4.52 Å². The molecule has 138 valence electrons. The first-order valence-corrected chi connectivity index (χ1v) is 9.42. The molecular formula is C16H30IN5OS. The van der Waals surface area contributed by atoms with Crippen LogP contribution >= 0.6 is 35.7 Å². The molecule has 0 amide bonds. The van der Waals surface area contributed by atoms with E-state index in [9.17, 15) is 0 Å². The van der Waals surface area contributed by atoms with Crippen molar-refractivity contribution >= 4 is 41.7 Å². The molecule has 1 aromatic heterocycles. The molecule has 0 spiro atoms. The van der Waals surface area contributed by atoms with Crippen LogP contribution in [0.2, 0.25) is 0 Å². The summed E-state index contributed by atoms with van der Waals surface area (Å²) in [5.41, 5.74) is 0. The minimum atomic E-state index is 0. The number of aromatic nitrogens is 2. The van der Waals surface area contributed by atoms with Gasteiger partial charge in [-0.05, 0) is 31.9 Å². The quantitative estimate of drug-likeness (QED) is 0.278. The molecular weight excluding hydrogens is 437 g/mol. The molecule has 0 aromatic carbocycles. The second-order valence-electron chi connectivity index (χ2n) is 6.56. The summed E-state index contributed by atoms with van der Waals surface area (Å²) in [6.45, 7) is 8.25. The zero-order valence-corrected chi connectivity index (χ0v) is 18.2. The molecule has 1 fully saturated rings. The number of halogens is 1. The molecule has 1 aliphatic heterocycles. The van der Waals surface area contributed by atoms with Crippen LogP contribution in [0, 0.1) is 0 Å². The van der Waals surface area contributed by atoms with Gasteiger partial charge in [-0.15, -0.1) is 24.0 Å². The molecule has 0 saturated carbocycles. The second-order valence-corrected chi connectivity index (χ2v) is 8.24. The van der Waals surface area contributed by atoms with Crippen LogP contribution in [0.25, 0.3) is 0 Å². The van der Waals surface area contributed by atoms with Crippen molar-refractivity contribution in [3.8, 4) is 0 Å². The lowest BCUT2D eigenvalue weighted by Gasteiger charge is -2.24. The van der Waals surface area contributed by atoms with E-state index < -0.39 is 0 Å². The van der Waals surface area contributed by atoms with Crippen molar-refractivity contribution in [3.05, 3.63) is 11.7 Å². The smallest absolute Gasteiger partial charge is 0.226 e. The maximum Gasteiger partial charge on any atom is 0.226 e. The number of hydrogen-bond donors (Lipinski definition) is 2. The number of aryl methyl sites for hydroxylation is 1. The van der Waals surface area contributed by atoms with Gasteiger partial charge in [0.25, 0.3) is 0 Å². The molecule has 1 atom stereocenters. The predicted octanol–water partition coefficient (Wildman–Crippen LogP) is 3.19. The minimum absolute atomic E-state index is 0. The van der Waals surface area contributed by atoms with Crippen molar-refractivity contribution in [2.24, 2.45) is 4.99 Å². The first kappa shape index (κ1) is 21.5. The first-order valence-electron chi connectivity index (χ1n) is 8.43. The van der Waals surface area contributed by atoms with Crippen LogP contribution in [0.3, 0.4) is 0 Å². The van der Waals surface area contributed by atoms with Gasteiger partial charge in [0, 0.05) is 37.2 Å². The Balaban J connectivity index is 0.00000288. The zero-order valence-electron chi connectivity index (χ0n) is 15.1. The van der Waals surface area contributed by atoms with Crippen LogP contribution in [-0.2, 0) is 6.42 Å². The lowest BCUT2D eigenvalue weighted by Crippen LogP contribution is -2.43. The highest BCUT2D eigenvalue weighted by Gasteiger charge is 2.29. The van der Waals surface area contributed by atoms with Gasteiger partial charge in [-0.1, -0.05) is 19.0 Å². The summed E-state index contributed by atoms with van der Waals surface area (Å²) in [4.78, 5) is 8.68. The van der Waals surface area contributed by atoms with E-state index in [-0.39, 0.29) is 24.0 Å². The number of nitrogens with one attached hydrogen (secondary N) is 2. The predicted molar refractivity (Wildman–Crippen MR) is 112 cm³/mol. The molecule has 0 radical (unpaired) electrons. The van der Waals surface area contributed by atoms with Crippen LogP contribution in [-0.4, -0.2) is 46.7 Å². The Morgan fingerprint density at radius 3 is 2.79 bits per heavy atom. The van der Waals surface area contributed by atoms with Crippen molar-refractivity contribution in [2.45, 2.75) is 57.1 Å². The summed E-state index contributed by atoms with van der Waals surface area (Å²) in [6.07, 6.45) is 4.32. The summed E-state index contributed by atoms with van der Waals surface area (Å²) < 4.78 is 5.59. The topological polar surface area (TPSA) is 75.3 Å². The Morgan fingerprint density at radius 1 is 1.42 bits per heavy atom. The van der Waals surface area contributed by atoms with Crippen LogP contribution < -0.4 is 10.6 Å². The fraction of sp³-hybridized carbons (Fsp3) is 0.812. The SMILES string of the molecule is CN=C(NCCCc1nc(C(C)C)no1)NCC1(C)CCCS1.I. The fourth-order valence-corrected chi connectivity index (χ4v) is 3.76. The van der Waals surface area contributed by atoms with Gasteiger partial charge in [0.1, 0.15) is 0 Å². The lowest BCUT2D eigenvalue weighted by molar-refractivity contribution is 0.368. The highest BCUT2D eigenvalue weighted by atomic mass is 127. The summed E-state index contributed by atoms with van der Waals surface area (Å²) in [5.74, 6) is 3.95. The third-order valence-electron chi connectivity index (χ3n) is 4.01. The van der Waals surface area contributed by atoms with Gasteiger partial charge >= 0.3 is 0 Å². The van der Waals surface area contributed by atoms with Crippen molar-refractivity contribution in [2.75, 3.05) is 25.9 Å². The Bertz CT molecular complexity index is 514. The van der Waals surface area contributed by atoms with Gasteiger partial charge < -0.3 is 15.2 Å². The molecule has 1 aromatic rings. The standard InChI is InChI=1S/C16H29N5OS.HI/c1-12(2)14-20-13(22-21-14)7-5-9-18-15(17-4)19-11-16(3)8-6-10-23-16;/h12H,5-11H2,1-4H3,(H2,17,18,19);1H. The third-order valence-corrected chi connectivity index (χ3v) is 5.55. The molecule has 1 aliphatic rings. The molecule has 0 aliphatic carbocycles. The normalized spacial score (nSPS) is 21.0. The Morgan fingerprint density at radius 2 is 2.21 bits per heavy atom. The summed E-state index contributed by atoms with van der Waals surface area (Å²) in [5, 5.41) is 10.8. The molecule has 2 N–H and O–H groups in total. The molecule has 1 unspecified atom stereocenters. The maximum atomic E-state index is 5.25.